The third-order valence-electron chi connectivity index (χ3n) is 2.10. The first kappa shape index (κ1) is 12.5. The van der Waals surface area contributed by atoms with E-state index in [0.29, 0.717) is 12.5 Å². The van der Waals surface area contributed by atoms with Gasteiger partial charge in [-0.3, -0.25) is 4.79 Å². The molecule has 2 atom stereocenters. The molecule has 1 heterocycles. The predicted octanol–water partition coefficient (Wildman–Crippen LogP) is 2.07. The van der Waals surface area contributed by atoms with Crippen LogP contribution in [0.2, 0.25) is 0 Å². The van der Waals surface area contributed by atoms with E-state index in [4.69, 9.17) is 14.2 Å². The topological polar surface area (TPSA) is 44.8 Å². The Morgan fingerprint density at radius 1 is 1.40 bits per heavy atom. The second kappa shape index (κ2) is 6.08. The van der Waals surface area contributed by atoms with Crippen molar-refractivity contribution in [3.63, 3.8) is 0 Å². The summed E-state index contributed by atoms with van der Waals surface area (Å²) in [5, 5.41) is 0. The summed E-state index contributed by atoms with van der Waals surface area (Å²) in [4.78, 5) is 10.7. The van der Waals surface area contributed by atoms with Crippen LogP contribution in [0, 0.1) is 5.92 Å². The lowest BCUT2D eigenvalue weighted by atomic mass is 10.2. The van der Waals surface area contributed by atoms with Gasteiger partial charge in [-0.15, -0.1) is 0 Å². The van der Waals surface area contributed by atoms with Crippen molar-refractivity contribution in [2.75, 3.05) is 6.61 Å². The minimum atomic E-state index is -0.423. The molecule has 0 N–H and O–H groups in total. The number of esters is 1. The molecule has 0 aromatic heterocycles. The lowest BCUT2D eigenvalue weighted by Gasteiger charge is -2.29. The number of ether oxygens (including phenoxy) is 3. The second-order valence-corrected chi connectivity index (χ2v) is 4.26. The summed E-state index contributed by atoms with van der Waals surface area (Å²) in [6, 6.07) is 0. The van der Waals surface area contributed by atoms with Gasteiger partial charge < -0.3 is 14.2 Å². The van der Waals surface area contributed by atoms with E-state index in [1.165, 1.54) is 6.92 Å². The van der Waals surface area contributed by atoms with E-state index in [1.807, 2.05) is 0 Å². The SMILES string of the molecule is CC(=O)OC1CCCC(OCC(C)C)O1. The van der Waals surface area contributed by atoms with Crippen LogP contribution in [0.25, 0.3) is 0 Å². The normalized spacial score (nSPS) is 26.7. The zero-order valence-electron chi connectivity index (χ0n) is 9.69. The summed E-state index contributed by atoms with van der Waals surface area (Å²) in [7, 11) is 0. The molecule has 4 heteroatoms. The average molecular weight is 216 g/mol. The van der Waals surface area contributed by atoms with E-state index in [-0.39, 0.29) is 12.3 Å². The van der Waals surface area contributed by atoms with Crippen molar-refractivity contribution in [1.29, 1.82) is 0 Å². The summed E-state index contributed by atoms with van der Waals surface area (Å²) in [5.74, 6) is 0.187. The van der Waals surface area contributed by atoms with Crippen molar-refractivity contribution in [1.82, 2.24) is 0 Å². The van der Waals surface area contributed by atoms with Gasteiger partial charge in [-0.25, -0.2) is 0 Å². The third kappa shape index (κ3) is 5.14. The van der Waals surface area contributed by atoms with Gasteiger partial charge in [0.2, 0.25) is 6.29 Å². The van der Waals surface area contributed by atoms with Crippen molar-refractivity contribution in [2.45, 2.75) is 52.6 Å². The lowest BCUT2D eigenvalue weighted by molar-refractivity contribution is -0.261. The van der Waals surface area contributed by atoms with Gasteiger partial charge in [-0.2, -0.15) is 0 Å². The fourth-order valence-electron chi connectivity index (χ4n) is 1.45. The molecule has 15 heavy (non-hydrogen) atoms. The van der Waals surface area contributed by atoms with Crippen LogP contribution in [0.5, 0.6) is 0 Å². The molecule has 0 spiro atoms. The average Bonchev–Trinajstić information content (AvgIpc) is 2.14. The maximum Gasteiger partial charge on any atom is 0.304 e. The molecular formula is C11H20O4. The van der Waals surface area contributed by atoms with E-state index in [2.05, 4.69) is 13.8 Å². The summed E-state index contributed by atoms with van der Waals surface area (Å²) in [5.41, 5.74) is 0. The highest BCUT2D eigenvalue weighted by atomic mass is 16.8. The molecule has 0 bridgehead atoms. The Hall–Kier alpha value is -0.610. The quantitative estimate of drug-likeness (QED) is 0.675. The molecule has 1 rings (SSSR count). The third-order valence-corrected chi connectivity index (χ3v) is 2.10. The molecule has 1 aliphatic rings. The van der Waals surface area contributed by atoms with Crippen molar-refractivity contribution in [3.05, 3.63) is 0 Å². The Morgan fingerprint density at radius 3 is 2.67 bits per heavy atom. The smallest absolute Gasteiger partial charge is 0.304 e. The Balaban J connectivity index is 2.25. The van der Waals surface area contributed by atoms with Crippen LogP contribution >= 0.6 is 0 Å². The van der Waals surface area contributed by atoms with Crippen molar-refractivity contribution >= 4 is 5.97 Å². The van der Waals surface area contributed by atoms with E-state index < -0.39 is 6.29 Å². The molecule has 0 amide bonds. The fourth-order valence-corrected chi connectivity index (χ4v) is 1.45. The Labute approximate surface area is 90.9 Å². The summed E-state index contributed by atoms with van der Waals surface area (Å²) < 4.78 is 16.0. The molecule has 2 unspecified atom stereocenters. The fraction of sp³-hybridized carbons (Fsp3) is 0.909. The molecule has 0 radical (unpaired) electrons. The maximum atomic E-state index is 10.7. The van der Waals surface area contributed by atoms with Gasteiger partial charge in [0.25, 0.3) is 0 Å². The Kier molecular flexibility index (Phi) is 5.05. The van der Waals surface area contributed by atoms with Crippen molar-refractivity contribution < 1.29 is 19.0 Å². The molecule has 0 saturated carbocycles. The number of hydrogen-bond donors (Lipinski definition) is 0. The molecule has 0 aromatic rings. The zero-order chi connectivity index (χ0) is 11.3. The van der Waals surface area contributed by atoms with Gasteiger partial charge in [-0.05, 0) is 18.8 Å². The zero-order valence-corrected chi connectivity index (χ0v) is 9.69. The minimum absolute atomic E-state index is 0.217. The van der Waals surface area contributed by atoms with Crippen molar-refractivity contribution in [2.24, 2.45) is 5.92 Å². The first-order valence-electron chi connectivity index (χ1n) is 5.52. The molecule has 88 valence electrons. The first-order valence-corrected chi connectivity index (χ1v) is 5.52. The molecule has 1 fully saturated rings. The molecular weight excluding hydrogens is 196 g/mol. The van der Waals surface area contributed by atoms with Crippen molar-refractivity contribution in [3.8, 4) is 0 Å². The van der Waals surface area contributed by atoms with E-state index >= 15 is 0 Å². The monoisotopic (exact) mass is 216 g/mol. The lowest BCUT2D eigenvalue weighted by Crippen LogP contribution is -2.33. The van der Waals surface area contributed by atoms with Crippen LogP contribution in [0.4, 0.5) is 0 Å². The van der Waals surface area contributed by atoms with Crippen LogP contribution in [0.15, 0.2) is 0 Å². The van der Waals surface area contributed by atoms with Crippen LogP contribution in [0.1, 0.15) is 40.0 Å². The minimum Gasteiger partial charge on any atom is -0.436 e. The predicted molar refractivity (Wildman–Crippen MR) is 55.1 cm³/mol. The summed E-state index contributed by atoms with van der Waals surface area (Å²) in [6.45, 7) is 6.25. The number of rotatable bonds is 4. The molecule has 1 saturated heterocycles. The Bertz CT molecular complexity index is 203. The van der Waals surface area contributed by atoms with Crippen LogP contribution in [-0.2, 0) is 19.0 Å². The van der Waals surface area contributed by atoms with Gasteiger partial charge in [0.15, 0.2) is 6.29 Å². The number of carbonyl (C=O) groups excluding carboxylic acids is 1. The first-order chi connectivity index (χ1) is 7.08. The van der Waals surface area contributed by atoms with Crippen LogP contribution in [-0.4, -0.2) is 25.2 Å². The van der Waals surface area contributed by atoms with Gasteiger partial charge in [0.1, 0.15) is 0 Å². The van der Waals surface area contributed by atoms with E-state index in [0.717, 1.165) is 19.3 Å². The largest absolute Gasteiger partial charge is 0.436 e. The van der Waals surface area contributed by atoms with Gasteiger partial charge in [-0.1, -0.05) is 13.8 Å². The van der Waals surface area contributed by atoms with Crippen LogP contribution < -0.4 is 0 Å². The summed E-state index contributed by atoms with van der Waals surface area (Å²) >= 11 is 0. The highest BCUT2D eigenvalue weighted by molar-refractivity contribution is 5.66. The van der Waals surface area contributed by atoms with Gasteiger partial charge in [0.05, 0.1) is 6.61 Å². The van der Waals surface area contributed by atoms with E-state index in [1.54, 1.807) is 0 Å². The molecule has 4 nitrogen and oxygen atoms in total. The second-order valence-electron chi connectivity index (χ2n) is 4.26. The van der Waals surface area contributed by atoms with Crippen LogP contribution in [0.3, 0.4) is 0 Å². The van der Waals surface area contributed by atoms with Gasteiger partial charge in [0, 0.05) is 13.3 Å². The molecule has 1 aliphatic heterocycles. The molecule has 0 aliphatic carbocycles. The van der Waals surface area contributed by atoms with E-state index in [9.17, 15) is 4.79 Å². The van der Waals surface area contributed by atoms with Gasteiger partial charge >= 0.3 is 5.97 Å². The summed E-state index contributed by atoms with van der Waals surface area (Å²) in [6.07, 6.45) is 1.98. The highest BCUT2D eigenvalue weighted by Crippen LogP contribution is 2.21. The standard InChI is InChI=1S/C11H20O4/c1-8(2)7-13-10-5-4-6-11(15-10)14-9(3)12/h8,10-11H,4-7H2,1-3H3. The number of hydrogen-bond acceptors (Lipinski definition) is 4. The maximum absolute atomic E-state index is 10.7. The Morgan fingerprint density at radius 2 is 2.07 bits per heavy atom. The number of carbonyl (C=O) groups is 1. The molecule has 0 aromatic carbocycles. The highest BCUT2D eigenvalue weighted by Gasteiger charge is 2.24.